The number of anilines is 2. The first-order chi connectivity index (χ1) is 13.0. The number of carbonyl (C=O) groups excluding carboxylic acids is 2. The van der Waals surface area contributed by atoms with Gasteiger partial charge in [-0.25, -0.2) is 4.98 Å². The lowest BCUT2D eigenvalue weighted by Crippen LogP contribution is -2.23. The molecule has 0 aliphatic heterocycles. The Labute approximate surface area is 163 Å². The lowest BCUT2D eigenvalue weighted by atomic mass is 10.3. The van der Waals surface area contributed by atoms with Gasteiger partial charge in [0, 0.05) is 23.4 Å². The van der Waals surface area contributed by atoms with Gasteiger partial charge in [-0.05, 0) is 19.1 Å². The van der Waals surface area contributed by atoms with Crippen molar-refractivity contribution in [2.75, 3.05) is 4.90 Å². The maximum Gasteiger partial charge on any atom is 0.326 e. The van der Waals surface area contributed by atoms with Crippen LogP contribution in [0.25, 0.3) is 0 Å². The first-order valence-electron chi connectivity index (χ1n) is 8.06. The van der Waals surface area contributed by atoms with Crippen molar-refractivity contribution >= 4 is 45.4 Å². The minimum atomic E-state index is -0.514. The fraction of sp³-hybridized carbons (Fsp3) is 0.222. The molecule has 0 unspecified atom stereocenters. The molecule has 2 aromatic heterocycles. The number of thiazole rings is 2. The van der Waals surface area contributed by atoms with Crippen LogP contribution in [-0.4, -0.2) is 21.4 Å². The highest BCUT2D eigenvalue weighted by molar-refractivity contribution is 7.14. The van der Waals surface area contributed by atoms with Crippen molar-refractivity contribution in [3.05, 3.63) is 62.1 Å². The number of hydrogen-bond donors (Lipinski definition) is 0. The van der Waals surface area contributed by atoms with E-state index in [0.717, 1.165) is 22.7 Å². The van der Waals surface area contributed by atoms with Gasteiger partial charge in [0.2, 0.25) is 5.91 Å². The van der Waals surface area contributed by atoms with E-state index in [4.69, 9.17) is 4.74 Å². The summed E-state index contributed by atoms with van der Waals surface area (Å²) in [6.45, 7) is 3.08. The predicted octanol–water partition coefficient (Wildman–Crippen LogP) is 3.10. The Kier molecular flexibility index (Phi) is 5.82. The SMILES string of the molecule is CC(=O)N(c1ccccc1)c1nc(COC(=O)Cn2c(C)csc2=O)cs1. The zero-order chi connectivity index (χ0) is 19.4. The van der Waals surface area contributed by atoms with Gasteiger partial charge >= 0.3 is 10.8 Å². The molecule has 0 N–H and O–H groups in total. The lowest BCUT2D eigenvalue weighted by molar-refractivity contribution is -0.145. The van der Waals surface area contributed by atoms with Crippen LogP contribution in [0.5, 0.6) is 0 Å². The van der Waals surface area contributed by atoms with Crippen LogP contribution in [0.4, 0.5) is 10.8 Å². The number of nitrogens with zero attached hydrogens (tertiary/aromatic N) is 3. The molecule has 0 atom stereocenters. The predicted molar refractivity (Wildman–Crippen MR) is 104 cm³/mol. The number of ether oxygens (including phenoxy) is 1. The number of amides is 1. The van der Waals surface area contributed by atoms with Crippen LogP contribution in [0.1, 0.15) is 18.3 Å². The van der Waals surface area contributed by atoms with Crippen molar-refractivity contribution in [3.8, 4) is 0 Å². The summed E-state index contributed by atoms with van der Waals surface area (Å²) < 4.78 is 6.58. The maximum atomic E-state index is 12.0. The normalized spacial score (nSPS) is 10.6. The van der Waals surface area contributed by atoms with E-state index in [0.29, 0.717) is 10.8 Å². The van der Waals surface area contributed by atoms with Crippen molar-refractivity contribution in [1.82, 2.24) is 9.55 Å². The average molecular weight is 403 g/mol. The third-order valence-corrected chi connectivity index (χ3v) is 5.46. The Morgan fingerprint density at radius 3 is 2.56 bits per heavy atom. The first-order valence-corrected chi connectivity index (χ1v) is 9.82. The number of aryl methyl sites for hydroxylation is 1. The molecule has 0 fully saturated rings. The van der Waals surface area contributed by atoms with Gasteiger partial charge < -0.3 is 4.74 Å². The van der Waals surface area contributed by atoms with E-state index in [-0.39, 0.29) is 23.9 Å². The van der Waals surface area contributed by atoms with Gasteiger partial charge in [0.25, 0.3) is 0 Å². The van der Waals surface area contributed by atoms with Gasteiger partial charge in [-0.3, -0.25) is 23.9 Å². The zero-order valence-corrected chi connectivity index (χ0v) is 16.4. The summed E-state index contributed by atoms with van der Waals surface area (Å²) >= 11 is 2.34. The van der Waals surface area contributed by atoms with Crippen LogP contribution < -0.4 is 9.77 Å². The van der Waals surface area contributed by atoms with E-state index in [1.165, 1.54) is 27.7 Å². The van der Waals surface area contributed by atoms with Crippen LogP contribution in [0, 0.1) is 6.92 Å². The van der Waals surface area contributed by atoms with E-state index in [1.807, 2.05) is 30.3 Å². The van der Waals surface area contributed by atoms with Crippen LogP contribution >= 0.6 is 22.7 Å². The Balaban J connectivity index is 1.66. The molecule has 2 heterocycles. The molecule has 0 saturated carbocycles. The number of para-hydroxylation sites is 1. The summed E-state index contributed by atoms with van der Waals surface area (Å²) in [6.07, 6.45) is 0. The molecule has 27 heavy (non-hydrogen) atoms. The van der Waals surface area contributed by atoms with Crippen LogP contribution in [0.2, 0.25) is 0 Å². The second-order valence-electron chi connectivity index (χ2n) is 5.70. The van der Waals surface area contributed by atoms with Crippen molar-refractivity contribution in [2.24, 2.45) is 0 Å². The van der Waals surface area contributed by atoms with E-state index < -0.39 is 5.97 Å². The number of rotatable bonds is 6. The lowest BCUT2D eigenvalue weighted by Gasteiger charge is -2.17. The molecule has 3 rings (SSSR count). The molecule has 0 aliphatic rings. The monoisotopic (exact) mass is 403 g/mol. The molecule has 0 radical (unpaired) electrons. The molecule has 9 heteroatoms. The molecule has 1 aromatic carbocycles. The fourth-order valence-electron chi connectivity index (χ4n) is 2.39. The number of esters is 1. The van der Waals surface area contributed by atoms with E-state index in [1.54, 1.807) is 17.7 Å². The number of aromatic nitrogens is 2. The first kappa shape index (κ1) is 19.0. The second kappa shape index (κ2) is 8.28. The molecule has 0 bridgehead atoms. The Hall–Kier alpha value is -2.78. The summed E-state index contributed by atoms with van der Waals surface area (Å²) in [5, 5.41) is 3.94. The van der Waals surface area contributed by atoms with Crippen LogP contribution in [-0.2, 0) is 27.5 Å². The summed E-state index contributed by atoms with van der Waals surface area (Å²) in [4.78, 5) is 41.4. The Morgan fingerprint density at radius 2 is 1.93 bits per heavy atom. The van der Waals surface area contributed by atoms with Crippen LogP contribution in [0.3, 0.4) is 0 Å². The zero-order valence-electron chi connectivity index (χ0n) is 14.7. The highest BCUT2D eigenvalue weighted by atomic mass is 32.1. The highest BCUT2D eigenvalue weighted by Gasteiger charge is 2.18. The van der Waals surface area contributed by atoms with Crippen LogP contribution in [0.15, 0.2) is 45.9 Å². The van der Waals surface area contributed by atoms with Crippen molar-refractivity contribution < 1.29 is 14.3 Å². The second-order valence-corrected chi connectivity index (χ2v) is 7.36. The van der Waals surface area contributed by atoms with Gasteiger partial charge in [-0.1, -0.05) is 29.5 Å². The number of hydrogen-bond acceptors (Lipinski definition) is 7. The molecule has 0 saturated heterocycles. The minimum Gasteiger partial charge on any atom is -0.458 e. The molecule has 140 valence electrons. The number of carbonyl (C=O) groups is 2. The topological polar surface area (TPSA) is 81.5 Å². The standard InChI is InChI=1S/C18H17N3O4S2/c1-12-10-27-18(24)20(12)8-16(23)25-9-14-11-26-17(19-14)21(13(2)22)15-6-4-3-5-7-15/h3-7,10-11H,8-9H2,1-2H3. The molecular weight excluding hydrogens is 386 g/mol. The molecule has 7 nitrogen and oxygen atoms in total. The number of benzene rings is 1. The molecule has 0 aliphatic carbocycles. The Morgan fingerprint density at radius 1 is 1.19 bits per heavy atom. The Bertz CT molecular complexity index is 1010. The maximum absolute atomic E-state index is 12.0. The van der Waals surface area contributed by atoms with Crippen molar-refractivity contribution in [3.63, 3.8) is 0 Å². The summed E-state index contributed by atoms with van der Waals surface area (Å²) in [5.74, 6) is -0.675. The molecule has 1 amide bonds. The summed E-state index contributed by atoms with van der Waals surface area (Å²) in [5.41, 5.74) is 1.98. The van der Waals surface area contributed by atoms with E-state index in [9.17, 15) is 14.4 Å². The quantitative estimate of drug-likeness (QED) is 0.591. The minimum absolute atomic E-state index is 0.0200. The van der Waals surface area contributed by atoms with Crippen molar-refractivity contribution in [2.45, 2.75) is 27.0 Å². The third kappa shape index (κ3) is 4.50. The van der Waals surface area contributed by atoms with Gasteiger partial charge in [0.15, 0.2) is 5.13 Å². The highest BCUT2D eigenvalue weighted by Crippen LogP contribution is 2.28. The summed E-state index contributed by atoms with van der Waals surface area (Å²) in [6, 6.07) is 9.20. The van der Waals surface area contributed by atoms with Crippen molar-refractivity contribution in [1.29, 1.82) is 0 Å². The van der Waals surface area contributed by atoms with Gasteiger partial charge in [-0.15, -0.1) is 11.3 Å². The largest absolute Gasteiger partial charge is 0.458 e. The molecular formula is C18H17N3O4S2. The molecule has 3 aromatic rings. The van der Waals surface area contributed by atoms with E-state index in [2.05, 4.69) is 4.98 Å². The third-order valence-electron chi connectivity index (χ3n) is 3.70. The average Bonchev–Trinajstić information content (AvgIpc) is 3.23. The summed E-state index contributed by atoms with van der Waals surface area (Å²) in [7, 11) is 0. The van der Waals surface area contributed by atoms with Gasteiger partial charge in [-0.2, -0.15) is 0 Å². The van der Waals surface area contributed by atoms with Gasteiger partial charge in [0.1, 0.15) is 13.2 Å². The van der Waals surface area contributed by atoms with E-state index >= 15 is 0 Å². The molecule has 0 spiro atoms. The van der Waals surface area contributed by atoms with Gasteiger partial charge in [0.05, 0.1) is 11.4 Å². The fourth-order valence-corrected chi connectivity index (χ4v) is 4.00. The smallest absolute Gasteiger partial charge is 0.326 e.